The molecule has 0 spiro atoms. The molecule has 0 saturated heterocycles. The molecule has 2 amide bonds. The molecular weight excluding hydrogens is 477 g/mol. The summed E-state index contributed by atoms with van der Waals surface area (Å²) < 4.78 is 44.7. The molecule has 5 nitrogen and oxygen atoms in total. The average Bonchev–Trinajstić information content (AvgIpc) is 2.73. The van der Waals surface area contributed by atoms with Gasteiger partial charge in [0.1, 0.15) is 5.75 Å². The lowest BCUT2D eigenvalue weighted by Crippen LogP contribution is -2.20. The molecule has 0 saturated carbocycles. The lowest BCUT2D eigenvalue weighted by Gasteiger charge is -2.11. The molecule has 0 aromatic heterocycles. The summed E-state index contributed by atoms with van der Waals surface area (Å²) in [6, 6.07) is 17.3. The number of amides is 2. The first-order chi connectivity index (χ1) is 14.7. The molecule has 0 fully saturated rings. The van der Waals surface area contributed by atoms with Crippen LogP contribution in [-0.4, -0.2) is 18.4 Å². The van der Waals surface area contributed by atoms with Gasteiger partial charge in [-0.3, -0.25) is 9.59 Å². The first-order valence-corrected chi connectivity index (χ1v) is 9.77. The maximum absolute atomic E-state index is 12.8. The number of carbonyl (C=O) groups is 2. The molecule has 3 rings (SSSR count). The zero-order valence-electron chi connectivity index (χ0n) is 15.9. The second-order valence-electron chi connectivity index (χ2n) is 6.40. The van der Waals surface area contributed by atoms with Gasteiger partial charge in [-0.25, -0.2) is 0 Å². The Hall–Kier alpha value is -3.33. The van der Waals surface area contributed by atoms with Crippen molar-refractivity contribution in [1.82, 2.24) is 0 Å². The largest absolute Gasteiger partial charge is 0.484 e. The van der Waals surface area contributed by atoms with Crippen molar-refractivity contribution < 1.29 is 27.5 Å². The average molecular weight is 493 g/mol. The summed E-state index contributed by atoms with van der Waals surface area (Å²) in [7, 11) is 0. The first-order valence-electron chi connectivity index (χ1n) is 8.97. The molecule has 0 unspecified atom stereocenters. The maximum atomic E-state index is 12.8. The van der Waals surface area contributed by atoms with Gasteiger partial charge in [-0.2, -0.15) is 13.2 Å². The molecular formula is C22H16BrF3N2O3. The van der Waals surface area contributed by atoms with E-state index in [1.807, 2.05) is 0 Å². The lowest BCUT2D eigenvalue weighted by molar-refractivity contribution is -0.137. The van der Waals surface area contributed by atoms with Crippen molar-refractivity contribution >= 4 is 39.1 Å². The van der Waals surface area contributed by atoms with Crippen molar-refractivity contribution in [2.24, 2.45) is 0 Å². The Morgan fingerprint density at radius 3 is 2.19 bits per heavy atom. The highest BCUT2D eigenvalue weighted by Gasteiger charge is 2.30. The topological polar surface area (TPSA) is 67.4 Å². The number of anilines is 2. The van der Waals surface area contributed by atoms with Crippen molar-refractivity contribution in [3.63, 3.8) is 0 Å². The third-order valence-electron chi connectivity index (χ3n) is 4.04. The van der Waals surface area contributed by atoms with E-state index in [1.165, 1.54) is 24.3 Å². The van der Waals surface area contributed by atoms with Crippen molar-refractivity contribution in [3.8, 4) is 5.75 Å². The summed E-state index contributed by atoms with van der Waals surface area (Å²) in [5.74, 6) is -0.521. The van der Waals surface area contributed by atoms with Gasteiger partial charge in [-0.05, 0) is 60.7 Å². The summed E-state index contributed by atoms with van der Waals surface area (Å²) in [5.41, 5.74) is -0.334. The summed E-state index contributed by atoms with van der Waals surface area (Å²) in [5, 5.41) is 5.03. The van der Waals surface area contributed by atoms with Crippen LogP contribution in [-0.2, 0) is 11.0 Å². The Kier molecular flexibility index (Phi) is 6.96. The fourth-order valence-corrected chi connectivity index (χ4v) is 2.86. The molecule has 0 aliphatic heterocycles. The summed E-state index contributed by atoms with van der Waals surface area (Å²) in [4.78, 5) is 24.5. The van der Waals surface area contributed by atoms with E-state index in [9.17, 15) is 22.8 Å². The zero-order chi connectivity index (χ0) is 22.4. The molecule has 9 heteroatoms. The number of nitrogens with one attached hydrogen (secondary N) is 2. The monoisotopic (exact) mass is 492 g/mol. The molecule has 2 N–H and O–H groups in total. The van der Waals surface area contributed by atoms with E-state index in [0.29, 0.717) is 11.4 Å². The predicted molar refractivity (Wildman–Crippen MR) is 114 cm³/mol. The highest BCUT2D eigenvalue weighted by molar-refractivity contribution is 9.10. The van der Waals surface area contributed by atoms with E-state index < -0.39 is 23.6 Å². The van der Waals surface area contributed by atoms with Gasteiger partial charge in [0.2, 0.25) is 0 Å². The van der Waals surface area contributed by atoms with Crippen LogP contribution in [0.15, 0.2) is 77.3 Å². The summed E-state index contributed by atoms with van der Waals surface area (Å²) in [6.45, 7) is -0.234. The number of alkyl halides is 3. The van der Waals surface area contributed by atoms with E-state index in [0.717, 1.165) is 16.6 Å². The van der Waals surface area contributed by atoms with Crippen molar-refractivity contribution in [2.45, 2.75) is 6.18 Å². The van der Waals surface area contributed by atoms with Crippen LogP contribution in [0.25, 0.3) is 0 Å². The lowest BCUT2D eigenvalue weighted by atomic mass is 10.1. The molecule has 31 heavy (non-hydrogen) atoms. The quantitative estimate of drug-likeness (QED) is 0.461. The number of ether oxygens (including phenoxy) is 1. The van der Waals surface area contributed by atoms with Gasteiger partial charge < -0.3 is 15.4 Å². The van der Waals surface area contributed by atoms with Crippen LogP contribution in [0.1, 0.15) is 15.9 Å². The smallest absolute Gasteiger partial charge is 0.416 e. The number of hydrogen-bond donors (Lipinski definition) is 2. The van der Waals surface area contributed by atoms with E-state index in [1.54, 1.807) is 36.4 Å². The Balaban J connectivity index is 1.61. The van der Waals surface area contributed by atoms with E-state index in [2.05, 4.69) is 26.6 Å². The minimum absolute atomic E-state index is 0.0113. The van der Waals surface area contributed by atoms with Crippen LogP contribution in [0.4, 0.5) is 24.5 Å². The van der Waals surface area contributed by atoms with Crippen LogP contribution >= 0.6 is 15.9 Å². The Morgan fingerprint density at radius 2 is 1.52 bits per heavy atom. The van der Waals surface area contributed by atoms with Gasteiger partial charge in [-0.1, -0.05) is 28.1 Å². The Morgan fingerprint density at radius 1 is 0.871 bits per heavy atom. The first kappa shape index (κ1) is 22.4. The molecule has 3 aromatic carbocycles. The highest BCUT2D eigenvalue weighted by atomic mass is 79.9. The zero-order valence-corrected chi connectivity index (χ0v) is 17.5. The third-order valence-corrected chi connectivity index (χ3v) is 4.57. The summed E-state index contributed by atoms with van der Waals surface area (Å²) in [6.07, 6.45) is -4.51. The summed E-state index contributed by atoms with van der Waals surface area (Å²) >= 11 is 3.30. The fourth-order valence-electron chi connectivity index (χ4n) is 2.59. The SMILES string of the molecule is O=C(COc1ccc(Br)cc1)Nc1cccc(C(=O)Nc2cccc(C(F)(F)F)c2)c1. The minimum Gasteiger partial charge on any atom is -0.484 e. The Labute approximate surface area is 184 Å². The van der Waals surface area contributed by atoms with Gasteiger partial charge >= 0.3 is 6.18 Å². The van der Waals surface area contributed by atoms with Gasteiger partial charge in [0, 0.05) is 21.4 Å². The molecule has 160 valence electrons. The molecule has 0 aliphatic carbocycles. The van der Waals surface area contributed by atoms with Gasteiger partial charge in [-0.15, -0.1) is 0 Å². The second kappa shape index (κ2) is 9.65. The molecule has 0 radical (unpaired) electrons. The van der Waals surface area contributed by atoms with E-state index in [-0.39, 0.29) is 17.9 Å². The Bertz CT molecular complexity index is 1090. The minimum atomic E-state index is -4.51. The molecule has 0 aliphatic rings. The molecule has 0 atom stereocenters. The number of halogens is 4. The number of hydrogen-bond acceptors (Lipinski definition) is 3. The van der Waals surface area contributed by atoms with Crippen LogP contribution in [0.3, 0.4) is 0 Å². The van der Waals surface area contributed by atoms with Gasteiger partial charge in [0.25, 0.3) is 11.8 Å². The number of carbonyl (C=O) groups excluding carboxylic acids is 2. The highest BCUT2D eigenvalue weighted by Crippen LogP contribution is 2.30. The predicted octanol–water partition coefficient (Wildman–Crippen LogP) is 5.74. The fraction of sp³-hybridized carbons (Fsp3) is 0.0909. The molecule has 0 heterocycles. The standard InChI is InChI=1S/C22H16BrF3N2O3/c23-16-7-9-19(10-8-16)31-13-20(29)27-17-5-1-3-14(11-17)21(30)28-18-6-2-4-15(12-18)22(24,25)26/h1-12H,13H2,(H,27,29)(H,28,30). The van der Waals surface area contributed by atoms with E-state index in [4.69, 9.17) is 4.74 Å². The van der Waals surface area contributed by atoms with Gasteiger partial charge in [0.05, 0.1) is 5.56 Å². The maximum Gasteiger partial charge on any atom is 0.416 e. The van der Waals surface area contributed by atoms with Crippen LogP contribution in [0.2, 0.25) is 0 Å². The normalized spacial score (nSPS) is 11.0. The third kappa shape index (κ3) is 6.58. The van der Waals surface area contributed by atoms with Crippen LogP contribution < -0.4 is 15.4 Å². The van der Waals surface area contributed by atoms with E-state index >= 15 is 0 Å². The van der Waals surface area contributed by atoms with Crippen molar-refractivity contribution in [3.05, 3.63) is 88.4 Å². The molecule has 3 aromatic rings. The molecule has 0 bridgehead atoms. The van der Waals surface area contributed by atoms with Crippen LogP contribution in [0.5, 0.6) is 5.75 Å². The van der Waals surface area contributed by atoms with Crippen LogP contribution in [0, 0.1) is 0 Å². The van der Waals surface area contributed by atoms with Gasteiger partial charge in [0.15, 0.2) is 6.61 Å². The second-order valence-corrected chi connectivity index (χ2v) is 7.32. The van der Waals surface area contributed by atoms with Crippen molar-refractivity contribution in [2.75, 3.05) is 17.2 Å². The number of rotatable bonds is 6. The number of benzene rings is 3. The van der Waals surface area contributed by atoms with Crippen molar-refractivity contribution in [1.29, 1.82) is 0 Å².